The molecule has 0 aliphatic heterocycles. The molecule has 0 aliphatic rings. The summed E-state index contributed by atoms with van der Waals surface area (Å²) in [6.45, 7) is 0. The topological polar surface area (TPSA) is 80.3 Å². The summed E-state index contributed by atoms with van der Waals surface area (Å²) in [6.07, 6.45) is 0. The Morgan fingerprint density at radius 1 is 1.14 bits per heavy atom. The van der Waals surface area contributed by atoms with Crippen molar-refractivity contribution in [2.75, 3.05) is 0 Å². The van der Waals surface area contributed by atoms with Crippen LogP contribution < -0.4 is 0 Å². The zero-order valence-corrected chi connectivity index (χ0v) is 4.82. The van der Waals surface area contributed by atoms with Crippen LogP contribution in [0.3, 0.4) is 0 Å². The van der Waals surface area contributed by atoms with Crippen molar-refractivity contribution in [2.45, 2.75) is 0 Å². The third kappa shape index (κ3) is 1160. The van der Waals surface area contributed by atoms with Crippen molar-refractivity contribution in [1.29, 1.82) is 0 Å². The summed E-state index contributed by atoms with van der Waals surface area (Å²) in [4.78, 5) is 0. The van der Waals surface area contributed by atoms with E-state index in [2.05, 4.69) is 0 Å². The van der Waals surface area contributed by atoms with E-state index in [9.17, 15) is 0 Å². The summed E-state index contributed by atoms with van der Waals surface area (Å²) in [5.74, 6) is 0. The van der Waals surface area contributed by atoms with Gasteiger partial charge in [-0.25, -0.2) is 0 Å². The van der Waals surface area contributed by atoms with E-state index in [4.69, 9.17) is 17.5 Å². The third-order valence-corrected chi connectivity index (χ3v) is 0. The van der Waals surface area contributed by atoms with E-state index in [1.807, 2.05) is 0 Å². The molecular formula is HFMnO4S. The predicted octanol–water partition coefficient (Wildman–Crippen LogP) is -1.19. The molecule has 0 N–H and O–H groups in total. The molecule has 0 atom stereocenters. The minimum atomic E-state index is -5.17. The zero-order valence-electron chi connectivity index (χ0n) is 2.83. The molecule has 0 aromatic rings. The third-order valence-electron chi connectivity index (χ3n) is 0. The number of hydrogen-bond donors (Lipinski definition) is 0. The van der Waals surface area contributed by atoms with Gasteiger partial charge in [0.05, 0.1) is 0 Å². The summed E-state index contributed by atoms with van der Waals surface area (Å²) in [5, 5.41) is 0. The number of hydrogen-bond acceptors (Lipinski definition) is 4. The zero-order chi connectivity index (χ0) is 4.50. The van der Waals surface area contributed by atoms with Crippen molar-refractivity contribution in [3.63, 3.8) is 0 Å². The van der Waals surface area contributed by atoms with Crippen molar-refractivity contribution >= 4 is 10.4 Å². The van der Waals surface area contributed by atoms with Gasteiger partial charge in [0.25, 0.3) is 0 Å². The summed E-state index contributed by atoms with van der Waals surface area (Å²) in [6, 6.07) is 0. The molecule has 7 heavy (non-hydrogen) atoms. The smallest absolute Gasteiger partial charge is 0.759 e. The summed E-state index contributed by atoms with van der Waals surface area (Å²) in [7, 11) is -5.17. The van der Waals surface area contributed by atoms with E-state index in [0.717, 1.165) is 0 Å². The van der Waals surface area contributed by atoms with Crippen LogP contribution in [-0.4, -0.2) is 17.5 Å². The largest absolute Gasteiger partial charge is 2.00 e. The average Bonchev–Trinajstić information content (AvgIpc) is 0.722. The molecule has 0 unspecified atom stereocenters. The van der Waals surface area contributed by atoms with E-state index >= 15 is 0 Å². The molecular weight excluding hydrogens is 170 g/mol. The molecule has 0 aromatic heterocycles. The fraction of sp³-hybridized carbons (Fsp3) is 0. The first kappa shape index (κ1) is 15.7. The van der Waals surface area contributed by atoms with Gasteiger partial charge in [-0.05, 0) is 0 Å². The van der Waals surface area contributed by atoms with E-state index in [1.54, 1.807) is 0 Å². The van der Waals surface area contributed by atoms with Gasteiger partial charge in [0.2, 0.25) is 0 Å². The maximum absolute atomic E-state index is 8.52. The Kier molecular flexibility index (Phi) is 10.0. The first-order chi connectivity index (χ1) is 2.00. The second-order valence-electron chi connectivity index (χ2n) is 0.408. The second kappa shape index (κ2) is 4.48. The van der Waals surface area contributed by atoms with Crippen molar-refractivity contribution in [3.05, 3.63) is 0 Å². The van der Waals surface area contributed by atoms with Crippen LogP contribution in [0, 0.1) is 0 Å². The van der Waals surface area contributed by atoms with E-state index < -0.39 is 10.4 Å². The molecule has 1 radical (unpaired) electrons. The average molecular weight is 171 g/mol. The van der Waals surface area contributed by atoms with Crippen LogP contribution in [0.5, 0.6) is 0 Å². The quantitative estimate of drug-likeness (QED) is 0.261. The molecule has 4 nitrogen and oxygen atoms in total. The summed E-state index contributed by atoms with van der Waals surface area (Å²) < 4.78 is 34.1. The normalized spacial score (nSPS) is 8.29. The molecule has 0 aromatic carbocycles. The van der Waals surface area contributed by atoms with Gasteiger partial charge in [0, 0.05) is 10.4 Å². The van der Waals surface area contributed by atoms with Crippen molar-refractivity contribution < 1.29 is 39.3 Å². The molecule has 0 saturated carbocycles. The summed E-state index contributed by atoms with van der Waals surface area (Å²) >= 11 is 0. The molecule has 0 amide bonds. The molecule has 0 rings (SSSR count). The standard InChI is InChI=1S/FH.Mn.H2O4S/c;;1-5(2,3)4/h1H;;(H2,1,2,3,4)/q;+2;/p-2. The van der Waals surface area contributed by atoms with Gasteiger partial charge in [0.1, 0.15) is 0 Å². The predicted molar refractivity (Wildman–Crippen MR) is 13.0 cm³/mol. The maximum atomic E-state index is 8.52. The van der Waals surface area contributed by atoms with Gasteiger partial charge in [-0.15, -0.1) is 0 Å². The van der Waals surface area contributed by atoms with Crippen LogP contribution in [0.25, 0.3) is 0 Å². The molecule has 0 spiro atoms. The first-order valence-electron chi connectivity index (χ1n) is 0.667. The SMILES string of the molecule is F.O=S(=O)([O-])[O-].[Mn+2]. The van der Waals surface area contributed by atoms with Crippen molar-refractivity contribution in [1.82, 2.24) is 0 Å². The molecule has 0 heterocycles. The van der Waals surface area contributed by atoms with Crippen LogP contribution in [-0.2, 0) is 27.5 Å². The number of rotatable bonds is 0. The van der Waals surface area contributed by atoms with Gasteiger partial charge in [-0.2, -0.15) is 0 Å². The van der Waals surface area contributed by atoms with E-state index in [-0.39, 0.29) is 21.8 Å². The molecule has 0 fully saturated rings. The fourth-order valence-corrected chi connectivity index (χ4v) is 0. The van der Waals surface area contributed by atoms with Crippen LogP contribution in [0.15, 0.2) is 0 Å². The van der Waals surface area contributed by atoms with Crippen LogP contribution >= 0.6 is 0 Å². The molecule has 45 valence electrons. The molecule has 0 bridgehead atoms. The molecule has 0 aliphatic carbocycles. The second-order valence-corrected chi connectivity index (χ2v) is 1.22. The molecule has 7 heteroatoms. The Morgan fingerprint density at radius 2 is 1.14 bits per heavy atom. The first-order valence-corrected chi connectivity index (χ1v) is 2.00. The Hall–Kier alpha value is 0.319. The maximum Gasteiger partial charge on any atom is 2.00 e. The monoisotopic (exact) mass is 171 g/mol. The van der Waals surface area contributed by atoms with E-state index in [1.165, 1.54) is 0 Å². The fourth-order valence-electron chi connectivity index (χ4n) is 0. The summed E-state index contributed by atoms with van der Waals surface area (Å²) in [5.41, 5.74) is 0. The Balaban J connectivity index is -0.0000000800. The van der Waals surface area contributed by atoms with Crippen molar-refractivity contribution in [3.8, 4) is 0 Å². The van der Waals surface area contributed by atoms with Gasteiger partial charge >= 0.3 is 17.1 Å². The van der Waals surface area contributed by atoms with Crippen molar-refractivity contribution in [2.24, 2.45) is 0 Å². The van der Waals surface area contributed by atoms with Gasteiger partial charge < -0.3 is 9.11 Å². The van der Waals surface area contributed by atoms with Crippen LogP contribution in [0.2, 0.25) is 0 Å². The van der Waals surface area contributed by atoms with E-state index in [0.29, 0.717) is 0 Å². The van der Waals surface area contributed by atoms with Gasteiger partial charge in [0.15, 0.2) is 0 Å². The Morgan fingerprint density at radius 3 is 1.14 bits per heavy atom. The van der Waals surface area contributed by atoms with Crippen LogP contribution in [0.4, 0.5) is 4.70 Å². The van der Waals surface area contributed by atoms with Crippen LogP contribution in [0.1, 0.15) is 0 Å². The van der Waals surface area contributed by atoms with Gasteiger partial charge in [-0.3, -0.25) is 13.1 Å². The Labute approximate surface area is 50.3 Å². The Bertz CT molecular complexity index is 94.9. The van der Waals surface area contributed by atoms with Gasteiger partial charge in [-0.1, -0.05) is 0 Å². The molecule has 0 saturated heterocycles. The minimum Gasteiger partial charge on any atom is -0.759 e. The number of halogens is 1. The minimum absolute atomic E-state index is 0.